The summed E-state index contributed by atoms with van der Waals surface area (Å²) in [6.07, 6.45) is 3.02. The number of rotatable bonds is 8. The average Bonchev–Trinajstić information content (AvgIpc) is 3.32. The third-order valence-electron chi connectivity index (χ3n) is 3.63. The zero-order valence-electron chi connectivity index (χ0n) is 13.2. The van der Waals surface area contributed by atoms with E-state index in [1.54, 1.807) is 7.11 Å². The topological polar surface area (TPSA) is 54.5 Å². The highest BCUT2D eigenvalue weighted by Gasteiger charge is 2.33. The van der Waals surface area contributed by atoms with E-state index < -0.39 is 0 Å². The van der Waals surface area contributed by atoms with Crippen LogP contribution < -0.4 is 5.32 Å². The number of pyridine rings is 1. The number of aryl methyl sites for hydroxylation is 1. The smallest absolute Gasteiger partial charge is 0.254 e. The standard InChI is InChI=1S/C16H25N3O2/c1-4-13-10-12(11-15(18-13)17-5-2)16(20)19(8-9-21-3)14-6-7-14/h10-11,14H,4-9H2,1-3H3,(H,17,18). The molecule has 0 radical (unpaired) electrons. The lowest BCUT2D eigenvalue weighted by molar-refractivity contribution is 0.0680. The Hall–Kier alpha value is -1.62. The number of carbonyl (C=O) groups is 1. The van der Waals surface area contributed by atoms with Gasteiger partial charge < -0.3 is 15.0 Å². The lowest BCUT2D eigenvalue weighted by Gasteiger charge is -2.22. The maximum absolute atomic E-state index is 12.8. The predicted octanol–water partition coefficient (Wildman–Crippen LogP) is 2.33. The quantitative estimate of drug-likeness (QED) is 0.798. The minimum absolute atomic E-state index is 0.0887. The third-order valence-corrected chi connectivity index (χ3v) is 3.63. The summed E-state index contributed by atoms with van der Waals surface area (Å²) in [7, 11) is 1.67. The number of methoxy groups -OCH3 is 1. The van der Waals surface area contributed by atoms with E-state index in [-0.39, 0.29) is 5.91 Å². The number of hydrogen-bond donors (Lipinski definition) is 1. The highest BCUT2D eigenvalue weighted by Crippen LogP contribution is 2.28. The first-order valence-electron chi connectivity index (χ1n) is 7.74. The highest BCUT2D eigenvalue weighted by atomic mass is 16.5. The number of hydrogen-bond acceptors (Lipinski definition) is 4. The van der Waals surface area contributed by atoms with Crippen LogP contribution in [0.4, 0.5) is 5.82 Å². The van der Waals surface area contributed by atoms with E-state index >= 15 is 0 Å². The lowest BCUT2D eigenvalue weighted by atomic mass is 10.1. The zero-order chi connectivity index (χ0) is 15.2. The molecule has 1 aliphatic carbocycles. The Bertz CT molecular complexity index is 486. The molecule has 0 aliphatic heterocycles. The molecule has 0 atom stereocenters. The van der Waals surface area contributed by atoms with Gasteiger partial charge in [-0.1, -0.05) is 6.92 Å². The minimum Gasteiger partial charge on any atom is -0.383 e. The van der Waals surface area contributed by atoms with Crippen LogP contribution in [0.3, 0.4) is 0 Å². The molecule has 1 heterocycles. The van der Waals surface area contributed by atoms with Gasteiger partial charge in [-0.15, -0.1) is 0 Å². The Morgan fingerprint density at radius 2 is 2.19 bits per heavy atom. The molecule has 0 unspecified atom stereocenters. The van der Waals surface area contributed by atoms with Crippen LogP contribution in [0.2, 0.25) is 0 Å². The van der Waals surface area contributed by atoms with E-state index in [1.165, 1.54) is 0 Å². The number of ether oxygens (including phenoxy) is 1. The second-order valence-corrected chi connectivity index (χ2v) is 5.34. The molecule has 1 fully saturated rings. The average molecular weight is 291 g/mol. The maximum Gasteiger partial charge on any atom is 0.254 e. The summed E-state index contributed by atoms with van der Waals surface area (Å²) in [6, 6.07) is 4.15. The van der Waals surface area contributed by atoms with Crippen LogP contribution in [0.1, 0.15) is 42.7 Å². The molecule has 5 nitrogen and oxygen atoms in total. The SMILES string of the molecule is CCNc1cc(C(=O)N(CCOC)C2CC2)cc(CC)n1. The van der Waals surface area contributed by atoms with Gasteiger partial charge >= 0.3 is 0 Å². The Labute approximate surface area is 126 Å². The zero-order valence-corrected chi connectivity index (χ0v) is 13.2. The molecule has 1 aromatic heterocycles. The highest BCUT2D eigenvalue weighted by molar-refractivity contribution is 5.95. The Morgan fingerprint density at radius 3 is 2.76 bits per heavy atom. The van der Waals surface area contributed by atoms with Gasteiger partial charge in [0.2, 0.25) is 0 Å². The van der Waals surface area contributed by atoms with E-state index in [9.17, 15) is 4.79 Å². The van der Waals surface area contributed by atoms with Gasteiger partial charge in [0.05, 0.1) is 6.61 Å². The van der Waals surface area contributed by atoms with Gasteiger partial charge in [-0.2, -0.15) is 0 Å². The number of nitrogens with one attached hydrogen (secondary N) is 1. The summed E-state index contributed by atoms with van der Waals surface area (Å²) in [4.78, 5) is 19.2. The first-order valence-corrected chi connectivity index (χ1v) is 7.74. The Morgan fingerprint density at radius 1 is 1.43 bits per heavy atom. The largest absolute Gasteiger partial charge is 0.383 e. The van der Waals surface area contributed by atoms with Crippen molar-refractivity contribution in [3.8, 4) is 0 Å². The van der Waals surface area contributed by atoms with Gasteiger partial charge in [-0.3, -0.25) is 4.79 Å². The van der Waals surface area contributed by atoms with Crippen molar-refractivity contribution >= 4 is 11.7 Å². The number of nitrogens with zero attached hydrogens (tertiary/aromatic N) is 2. The van der Waals surface area contributed by atoms with Gasteiger partial charge in [0, 0.05) is 37.5 Å². The first-order chi connectivity index (χ1) is 10.2. The molecule has 1 amide bonds. The molecular weight excluding hydrogens is 266 g/mol. The summed E-state index contributed by atoms with van der Waals surface area (Å²) >= 11 is 0. The molecule has 2 rings (SSSR count). The number of carbonyl (C=O) groups excluding carboxylic acids is 1. The molecule has 1 N–H and O–H groups in total. The number of anilines is 1. The molecule has 5 heteroatoms. The van der Waals surface area contributed by atoms with Crippen LogP contribution >= 0.6 is 0 Å². The van der Waals surface area contributed by atoms with Gasteiger partial charge in [-0.25, -0.2) is 4.98 Å². The molecule has 0 bridgehead atoms. The van der Waals surface area contributed by atoms with Gasteiger partial charge in [-0.05, 0) is 38.3 Å². The third kappa shape index (κ3) is 4.17. The predicted molar refractivity (Wildman–Crippen MR) is 83.7 cm³/mol. The second-order valence-electron chi connectivity index (χ2n) is 5.34. The summed E-state index contributed by atoms with van der Waals surface area (Å²) in [5, 5.41) is 3.20. The summed E-state index contributed by atoms with van der Waals surface area (Å²) in [5.74, 6) is 0.869. The summed E-state index contributed by atoms with van der Waals surface area (Å²) in [5.41, 5.74) is 1.67. The molecule has 1 aromatic rings. The van der Waals surface area contributed by atoms with Crippen molar-refractivity contribution in [2.75, 3.05) is 32.1 Å². The molecule has 0 aromatic carbocycles. The maximum atomic E-state index is 12.8. The Balaban J connectivity index is 2.21. The van der Waals surface area contributed by atoms with E-state index in [2.05, 4.69) is 17.2 Å². The molecule has 0 saturated heterocycles. The minimum atomic E-state index is 0.0887. The van der Waals surface area contributed by atoms with Crippen molar-refractivity contribution < 1.29 is 9.53 Å². The monoisotopic (exact) mass is 291 g/mol. The van der Waals surface area contributed by atoms with Crippen LogP contribution in [-0.2, 0) is 11.2 Å². The van der Waals surface area contributed by atoms with E-state index in [0.717, 1.165) is 42.9 Å². The molecule has 0 spiro atoms. The fourth-order valence-corrected chi connectivity index (χ4v) is 2.36. The van der Waals surface area contributed by atoms with Gasteiger partial charge in [0.1, 0.15) is 5.82 Å². The van der Waals surface area contributed by atoms with Crippen molar-refractivity contribution in [1.29, 1.82) is 0 Å². The van der Waals surface area contributed by atoms with E-state index in [0.29, 0.717) is 19.2 Å². The van der Waals surface area contributed by atoms with Crippen molar-refractivity contribution in [3.63, 3.8) is 0 Å². The fourth-order valence-electron chi connectivity index (χ4n) is 2.36. The van der Waals surface area contributed by atoms with Crippen molar-refractivity contribution in [3.05, 3.63) is 23.4 Å². The van der Waals surface area contributed by atoms with Crippen LogP contribution in [0.25, 0.3) is 0 Å². The van der Waals surface area contributed by atoms with E-state index in [1.807, 2.05) is 24.0 Å². The molecular formula is C16H25N3O2. The normalized spacial score (nSPS) is 14.0. The number of amides is 1. The summed E-state index contributed by atoms with van der Waals surface area (Å²) in [6.45, 7) is 6.10. The molecule has 21 heavy (non-hydrogen) atoms. The molecule has 116 valence electrons. The van der Waals surface area contributed by atoms with Crippen LogP contribution in [0.15, 0.2) is 12.1 Å². The Kier molecular flexibility index (Phi) is 5.56. The van der Waals surface area contributed by atoms with Crippen LogP contribution in [-0.4, -0.2) is 48.6 Å². The van der Waals surface area contributed by atoms with Crippen molar-refractivity contribution in [2.45, 2.75) is 39.2 Å². The number of aromatic nitrogens is 1. The summed E-state index contributed by atoms with van der Waals surface area (Å²) < 4.78 is 5.12. The van der Waals surface area contributed by atoms with Crippen molar-refractivity contribution in [1.82, 2.24) is 9.88 Å². The first kappa shape index (κ1) is 15.8. The fraction of sp³-hybridized carbons (Fsp3) is 0.625. The van der Waals surface area contributed by atoms with Crippen molar-refractivity contribution in [2.24, 2.45) is 0 Å². The molecule has 1 saturated carbocycles. The molecule has 1 aliphatic rings. The van der Waals surface area contributed by atoms with Gasteiger partial charge in [0.25, 0.3) is 5.91 Å². The van der Waals surface area contributed by atoms with Gasteiger partial charge in [0.15, 0.2) is 0 Å². The second kappa shape index (κ2) is 7.41. The van der Waals surface area contributed by atoms with Crippen LogP contribution in [0, 0.1) is 0 Å². The van der Waals surface area contributed by atoms with Crippen LogP contribution in [0.5, 0.6) is 0 Å². The van der Waals surface area contributed by atoms with E-state index in [4.69, 9.17) is 4.74 Å². The lowest BCUT2D eigenvalue weighted by Crippen LogP contribution is -2.36.